The van der Waals surface area contributed by atoms with Crippen LogP contribution in [-0.2, 0) is 50.2 Å². The van der Waals surface area contributed by atoms with Crippen molar-refractivity contribution < 1.29 is 28.8 Å². The van der Waals surface area contributed by atoms with Gasteiger partial charge in [0.25, 0.3) is 0 Å². The van der Waals surface area contributed by atoms with E-state index in [9.17, 15) is 9.90 Å². The maximum absolute atomic E-state index is 12.5. The fourth-order valence-electron chi connectivity index (χ4n) is 4.33. The Kier molecular flexibility index (Phi) is 14.4. The first kappa shape index (κ1) is 32.3. The molecule has 216 valence electrons. The monoisotopic (exact) mass is 620 g/mol. The van der Waals surface area contributed by atoms with Gasteiger partial charge in [-0.15, -0.1) is 17.0 Å². The third kappa shape index (κ3) is 10.6. The molecule has 6 nitrogen and oxygen atoms in total. The molecular weight excluding hydrogens is 584 g/mol. The van der Waals surface area contributed by atoms with E-state index in [1.807, 2.05) is 121 Å². The quantitative estimate of drug-likeness (QED) is 0.144. The molecular formula is C34H37BrO6. The van der Waals surface area contributed by atoms with E-state index in [0.717, 1.165) is 28.5 Å². The number of aliphatic hydroxyl groups is 1. The molecule has 7 heteroatoms. The van der Waals surface area contributed by atoms with Crippen LogP contribution >= 0.6 is 17.0 Å². The zero-order valence-electron chi connectivity index (χ0n) is 22.9. The highest BCUT2D eigenvalue weighted by Gasteiger charge is 2.38. The van der Waals surface area contributed by atoms with Crippen molar-refractivity contribution >= 4 is 23.3 Å². The van der Waals surface area contributed by atoms with Gasteiger partial charge in [0, 0.05) is 0 Å². The van der Waals surface area contributed by atoms with Crippen LogP contribution < -0.4 is 0 Å². The number of aldehydes is 1. The van der Waals surface area contributed by atoms with Gasteiger partial charge in [0.2, 0.25) is 0 Å². The first-order chi connectivity index (χ1) is 19.8. The van der Waals surface area contributed by atoms with E-state index < -0.39 is 24.4 Å². The Bertz CT molecular complexity index is 1230. The van der Waals surface area contributed by atoms with Gasteiger partial charge >= 0.3 is 0 Å². The van der Waals surface area contributed by atoms with Gasteiger partial charge in [-0.05, 0) is 22.3 Å². The molecule has 4 rings (SSSR count). The summed E-state index contributed by atoms with van der Waals surface area (Å²) >= 11 is 0. The van der Waals surface area contributed by atoms with Gasteiger partial charge in [-0.25, -0.2) is 0 Å². The summed E-state index contributed by atoms with van der Waals surface area (Å²) in [5.74, 6) is 0. The number of ether oxygens (including phenoxy) is 4. The van der Waals surface area contributed by atoms with Crippen LogP contribution in [0.5, 0.6) is 0 Å². The summed E-state index contributed by atoms with van der Waals surface area (Å²) in [6.07, 6.45) is -2.70. The van der Waals surface area contributed by atoms with Crippen molar-refractivity contribution in [2.75, 3.05) is 6.61 Å². The Morgan fingerprint density at radius 3 is 1.22 bits per heavy atom. The molecule has 0 bridgehead atoms. The predicted octanol–water partition coefficient (Wildman–Crippen LogP) is 6.10. The number of rotatable bonds is 17. The van der Waals surface area contributed by atoms with Gasteiger partial charge in [-0.3, -0.25) is 0 Å². The lowest BCUT2D eigenvalue weighted by Gasteiger charge is -2.35. The molecule has 0 aliphatic carbocycles. The third-order valence-electron chi connectivity index (χ3n) is 6.49. The third-order valence-corrected chi connectivity index (χ3v) is 6.49. The molecule has 1 N–H and O–H groups in total. The SMILES string of the molecule is Br.O=C[C@@H](OCc1ccccc1)[C@@H](OCc1ccccc1)[C@H](OCc1ccccc1)[C@@H](CO)OCc1ccccc1. The molecule has 0 fully saturated rings. The standard InChI is InChI=1S/C34H36O6.BrH/c35-21-31(37-23-27-13-5-1-6-14-27)33(39-25-29-17-9-3-10-18-29)34(40-26-30-19-11-4-12-20-30)32(22-36)38-24-28-15-7-2-8-16-28;/h1-21,31-34,36H,22-26H2;1H/t31-,32-,33-,34-;/m1./s1. The molecule has 0 aliphatic rings. The van der Waals surface area contributed by atoms with Crippen molar-refractivity contribution in [2.45, 2.75) is 50.8 Å². The second-order valence-electron chi connectivity index (χ2n) is 9.44. The van der Waals surface area contributed by atoms with Crippen LogP contribution in [0, 0.1) is 0 Å². The van der Waals surface area contributed by atoms with Crippen LogP contribution in [0.2, 0.25) is 0 Å². The highest BCUT2D eigenvalue weighted by molar-refractivity contribution is 8.93. The Morgan fingerprint density at radius 2 is 0.854 bits per heavy atom. The molecule has 0 aliphatic heterocycles. The van der Waals surface area contributed by atoms with Gasteiger partial charge in [0.05, 0.1) is 33.0 Å². The van der Waals surface area contributed by atoms with E-state index in [0.29, 0.717) is 0 Å². The minimum absolute atomic E-state index is 0. The summed E-state index contributed by atoms with van der Waals surface area (Å²) in [7, 11) is 0. The Hall–Kier alpha value is -3.17. The van der Waals surface area contributed by atoms with Crippen LogP contribution in [-0.4, -0.2) is 42.4 Å². The van der Waals surface area contributed by atoms with E-state index in [4.69, 9.17) is 18.9 Å². The van der Waals surface area contributed by atoms with Crippen LogP contribution in [0.3, 0.4) is 0 Å². The summed E-state index contributed by atoms with van der Waals surface area (Å²) < 4.78 is 25.1. The maximum atomic E-state index is 12.5. The van der Waals surface area contributed by atoms with Crippen molar-refractivity contribution in [1.29, 1.82) is 0 Å². The Morgan fingerprint density at radius 1 is 0.512 bits per heavy atom. The van der Waals surface area contributed by atoms with E-state index in [2.05, 4.69) is 0 Å². The average Bonchev–Trinajstić information content (AvgIpc) is 3.02. The number of carbonyl (C=O) groups excluding carboxylic acids is 1. The Balaban J connectivity index is 0.00000462. The molecule has 41 heavy (non-hydrogen) atoms. The molecule has 0 amide bonds. The minimum atomic E-state index is -0.973. The number of hydrogen-bond donors (Lipinski definition) is 1. The lowest BCUT2D eigenvalue weighted by Crippen LogP contribution is -2.51. The molecule has 0 saturated carbocycles. The lowest BCUT2D eigenvalue weighted by atomic mass is 10.0. The number of benzene rings is 4. The molecule has 4 aromatic rings. The summed E-state index contributed by atoms with van der Waals surface area (Å²) in [6, 6.07) is 38.8. The van der Waals surface area contributed by atoms with Gasteiger partial charge in [-0.2, -0.15) is 0 Å². The summed E-state index contributed by atoms with van der Waals surface area (Å²) in [6.45, 7) is 0.620. The molecule has 0 spiro atoms. The van der Waals surface area contributed by atoms with E-state index in [1.54, 1.807) is 0 Å². The largest absolute Gasteiger partial charge is 0.394 e. The molecule has 0 heterocycles. The van der Waals surface area contributed by atoms with Crippen molar-refractivity contribution in [3.63, 3.8) is 0 Å². The highest BCUT2D eigenvalue weighted by Crippen LogP contribution is 2.22. The van der Waals surface area contributed by atoms with E-state index in [-0.39, 0.29) is 50.0 Å². The van der Waals surface area contributed by atoms with Crippen molar-refractivity contribution in [3.05, 3.63) is 144 Å². The first-order valence-corrected chi connectivity index (χ1v) is 13.4. The van der Waals surface area contributed by atoms with Gasteiger partial charge in [0.15, 0.2) is 6.29 Å². The first-order valence-electron chi connectivity index (χ1n) is 13.4. The van der Waals surface area contributed by atoms with Crippen molar-refractivity contribution in [2.24, 2.45) is 0 Å². The fraction of sp³-hybridized carbons (Fsp3) is 0.265. The zero-order valence-corrected chi connectivity index (χ0v) is 24.6. The van der Waals surface area contributed by atoms with Crippen molar-refractivity contribution in [3.8, 4) is 0 Å². The van der Waals surface area contributed by atoms with Gasteiger partial charge in [-0.1, -0.05) is 121 Å². The van der Waals surface area contributed by atoms with E-state index in [1.165, 1.54) is 0 Å². The van der Waals surface area contributed by atoms with E-state index >= 15 is 0 Å². The summed E-state index contributed by atoms with van der Waals surface area (Å²) in [5.41, 5.74) is 3.77. The van der Waals surface area contributed by atoms with Crippen LogP contribution in [0.4, 0.5) is 0 Å². The van der Waals surface area contributed by atoms with Crippen LogP contribution in [0.1, 0.15) is 22.3 Å². The molecule has 0 saturated heterocycles. The van der Waals surface area contributed by atoms with Gasteiger partial charge in [0.1, 0.15) is 24.4 Å². The topological polar surface area (TPSA) is 74.2 Å². The van der Waals surface area contributed by atoms with Crippen molar-refractivity contribution in [1.82, 2.24) is 0 Å². The highest BCUT2D eigenvalue weighted by atomic mass is 79.9. The smallest absolute Gasteiger partial charge is 0.151 e. The molecule has 0 aromatic heterocycles. The number of hydrogen-bond acceptors (Lipinski definition) is 6. The fourth-order valence-corrected chi connectivity index (χ4v) is 4.33. The molecule has 4 atom stereocenters. The van der Waals surface area contributed by atoms with Crippen LogP contribution in [0.25, 0.3) is 0 Å². The maximum Gasteiger partial charge on any atom is 0.151 e. The minimum Gasteiger partial charge on any atom is -0.394 e. The molecule has 0 radical (unpaired) electrons. The average molecular weight is 622 g/mol. The molecule has 4 aromatic carbocycles. The second-order valence-corrected chi connectivity index (χ2v) is 9.44. The number of carbonyl (C=O) groups is 1. The normalized spacial score (nSPS) is 13.9. The number of halogens is 1. The summed E-state index contributed by atoms with van der Waals surface area (Å²) in [5, 5.41) is 10.5. The van der Waals surface area contributed by atoms with Gasteiger partial charge < -0.3 is 28.8 Å². The molecule has 0 unspecified atom stereocenters. The summed E-state index contributed by atoms with van der Waals surface area (Å²) in [4.78, 5) is 12.5. The lowest BCUT2D eigenvalue weighted by molar-refractivity contribution is -0.194. The number of aliphatic hydroxyl groups excluding tert-OH is 1. The zero-order chi connectivity index (χ0) is 27.8. The predicted molar refractivity (Wildman–Crippen MR) is 164 cm³/mol. The van der Waals surface area contributed by atoms with Crippen LogP contribution in [0.15, 0.2) is 121 Å². The second kappa shape index (κ2) is 18.3. The Labute approximate surface area is 252 Å².